The van der Waals surface area contributed by atoms with E-state index in [0.29, 0.717) is 25.1 Å². The van der Waals surface area contributed by atoms with E-state index in [4.69, 9.17) is 4.74 Å². The van der Waals surface area contributed by atoms with Gasteiger partial charge in [-0.05, 0) is 67.5 Å². The minimum atomic E-state index is -0.676. The van der Waals surface area contributed by atoms with Crippen molar-refractivity contribution in [3.63, 3.8) is 0 Å². The Morgan fingerprint density at radius 3 is 2.42 bits per heavy atom. The molecule has 0 spiro atoms. The Balaban J connectivity index is 2.09. The summed E-state index contributed by atoms with van der Waals surface area (Å²) < 4.78 is 5.61. The van der Waals surface area contributed by atoms with Gasteiger partial charge in [-0.2, -0.15) is 0 Å². The summed E-state index contributed by atoms with van der Waals surface area (Å²) >= 11 is 0. The lowest BCUT2D eigenvalue weighted by Gasteiger charge is -2.26. The van der Waals surface area contributed by atoms with Crippen molar-refractivity contribution in [2.24, 2.45) is 0 Å². The SMILES string of the molecule is Cc1ccc(C(C)(C)C)cc1/C(O)=C1\C(=O)C(=O)N(CCCOC(C)C)C1c1ccncc1. The molecule has 1 unspecified atom stereocenters. The number of hydrogen-bond acceptors (Lipinski definition) is 5. The number of aliphatic hydroxyl groups excluding tert-OH is 1. The lowest BCUT2D eigenvalue weighted by Crippen LogP contribution is -2.31. The molecule has 1 N–H and O–H groups in total. The van der Waals surface area contributed by atoms with Crippen LogP contribution in [0.2, 0.25) is 0 Å². The summed E-state index contributed by atoms with van der Waals surface area (Å²) in [5, 5.41) is 11.4. The van der Waals surface area contributed by atoms with Crippen LogP contribution in [0.5, 0.6) is 0 Å². The highest BCUT2D eigenvalue weighted by Crippen LogP contribution is 2.40. The molecule has 1 aromatic carbocycles. The number of aromatic nitrogens is 1. The van der Waals surface area contributed by atoms with E-state index >= 15 is 0 Å². The fourth-order valence-corrected chi connectivity index (χ4v) is 4.05. The smallest absolute Gasteiger partial charge is 0.295 e. The van der Waals surface area contributed by atoms with Crippen molar-refractivity contribution < 1.29 is 19.4 Å². The average molecular weight is 451 g/mol. The van der Waals surface area contributed by atoms with Crippen LogP contribution in [0, 0.1) is 6.92 Å². The van der Waals surface area contributed by atoms with E-state index in [1.807, 2.05) is 39.0 Å². The molecule has 0 saturated carbocycles. The third-order valence-corrected chi connectivity index (χ3v) is 5.92. The van der Waals surface area contributed by atoms with E-state index in [9.17, 15) is 14.7 Å². The zero-order valence-corrected chi connectivity index (χ0v) is 20.4. The monoisotopic (exact) mass is 450 g/mol. The van der Waals surface area contributed by atoms with Crippen molar-refractivity contribution >= 4 is 17.4 Å². The van der Waals surface area contributed by atoms with Crippen LogP contribution in [0.3, 0.4) is 0 Å². The molecule has 1 saturated heterocycles. The number of carbonyl (C=O) groups excluding carboxylic acids is 2. The molecule has 6 nitrogen and oxygen atoms in total. The first-order valence-corrected chi connectivity index (χ1v) is 11.4. The summed E-state index contributed by atoms with van der Waals surface area (Å²) in [6.45, 7) is 12.9. The summed E-state index contributed by atoms with van der Waals surface area (Å²) in [6, 6.07) is 8.76. The molecule has 1 aromatic heterocycles. The number of aryl methyl sites for hydroxylation is 1. The van der Waals surface area contributed by atoms with E-state index in [0.717, 1.165) is 16.7 Å². The third-order valence-electron chi connectivity index (χ3n) is 5.92. The number of carbonyl (C=O) groups is 2. The van der Waals surface area contributed by atoms with Gasteiger partial charge in [-0.25, -0.2) is 0 Å². The Hall–Kier alpha value is -2.99. The van der Waals surface area contributed by atoms with Crippen molar-refractivity contribution in [1.29, 1.82) is 0 Å². The van der Waals surface area contributed by atoms with Gasteiger partial charge in [0.1, 0.15) is 5.76 Å². The standard InChI is InChI=1S/C27H34N2O4/c1-17(2)33-15-7-14-29-23(19-10-12-28-13-11-19)22(25(31)26(29)32)24(30)21-16-20(27(4,5)6)9-8-18(21)3/h8-13,16-17,23,30H,7,14-15H2,1-6H3/b24-22+. The number of aliphatic hydroxyl groups is 1. The Labute approximate surface area is 196 Å². The molecule has 1 fully saturated rings. The van der Waals surface area contributed by atoms with Gasteiger partial charge in [0.05, 0.1) is 17.7 Å². The van der Waals surface area contributed by atoms with Crippen LogP contribution in [0.25, 0.3) is 5.76 Å². The summed E-state index contributed by atoms with van der Waals surface area (Å²) in [5.74, 6) is -1.41. The van der Waals surface area contributed by atoms with E-state index in [1.54, 1.807) is 24.5 Å². The van der Waals surface area contributed by atoms with Gasteiger partial charge >= 0.3 is 0 Å². The van der Waals surface area contributed by atoms with Crippen molar-refractivity contribution in [2.75, 3.05) is 13.2 Å². The highest BCUT2D eigenvalue weighted by molar-refractivity contribution is 6.46. The maximum atomic E-state index is 13.2. The molecule has 0 bridgehead atoms. The third kappa shape index (κ3) is 5.33. The minimum absolute atomic E-state index is 0.0921. The molecule has 0 radical (unpaired) electrons. The fraction of sp³-hybridized carbons (Fsp3) is 0.444. The number of Topliss-reactive ketones (excluding diaryl/α,β-unsaturated/α-hetero) is 1. The molecule has 2 heterocycles. The molecule has 1 atom stereocenters. The molecule has 1 aliphatic rings. The maximum absolute atomic E-state index is 13.2. The number of ketones is 1. The Morgan fingerprint density at radius 1 is 1.15 bits per heavy atom. The molecule has 33 heavy (non-hydrogen) atoms. The Bertz CT molecular complexity index is 1050. The van der Waals surface area contributed by atoms with E-state index in [1.165, 1.54) is 4.90 Å². The van der Waals surface area contributed by atoms with Crippen molar-refractivity contribution in [1.82, 2.24) is 9.88 Å². The van der Waals surface area contributed by atoms with Crippen LogP contribution in [-0.4, -0.2) is 45.9 Å². The molecule has 176 valence electrons. The summed E-state index contributed by atoms with van der Waals surface area (Å²) in [5.41, 5.74) is 3.17. The fourth-order valence-electron chi connectivity index (χ4n) is 4.05. The molecular weight excluding hydrogens is 416 g/mol. The first-order valence-electron chi connectivity index (χ1n) is 11.4. The first-order chi connectivity index (χ1) is 15.5. The van der Waals surface area contributed by atoms with Crippen LogP contribution in [-0.2, 0) is 19.7 Å². The number of likely N-dealkylation sites (tertiary alicyclic amines) is 1. The first kappa shape index (κ1) is 24.6. The van der Waals surface area contributed by atoms with Gasteiger partial charge in [-0.1, -0.05) is 32.9 Å². The van der Waals surface area contributed by atoms with Crippen molar-refractivity contribution in [3.05, 3.63) is 70.6 Å². The minimum Gasteiger partial charge on any atom is -0.507 e. The Kier molecular flexibility index (Phi) is 7.38. The number of hydrogen-bond donors (Lipinski definition) is 1. The van der Waals surface area contributed by atoms with Gasteiger partial charge in [-0.3, -0.25) is 14.6 Å². The zero-order chi connectivity index (χ0) is 24.3. The van der Waals surface area contributed by atoms with Crippen LogP contribution < -0.4 is 0 Å². The number of rotatable bonds is 7. The predicted octanol–water partition coefficient (Wildman–Crippen LogP) is 4.92. The molecule has 3 rings (SSSR count). The molecule has 6 heteroatoms. The number of benzene rings is 1. The zero-order valence-electron chi connectivity index (χ0n) is 20.4. The lowest BCUT2D eigenvalue weighted by molar-refractivity contribution is -0.140. The molecular formula is C27H34N2O4. The number of nitrogens with zero attached hydrogens (tertiary/aromatic N) is 2. The van der Waals surface area contributed by atoms with Gasteiger partial charge in [0, 0.05) is 31.1 Å². The van der Waals surface area contributed by atoms with Gasteiger partial charge in [0.15, 0.2) is 0 Å². The quantitative estimate of drug-likeness (QED) is 0.280. The topological polar surface area (TPSA) is 79.7 Å². The largest absolute Gasteiger partial charge is 0.507 e. The van der Waals surface area contributed by atoms with Crippen molar-refractivity contribution in [2.45, 2.75) is 65.5 Å². The molecule has 1 aliphatic heterocycles. The van der Waals surface area contributed by atoms with E-state index < -0.39 is 17.7 Å². The number of pyridine rings is 1. The normalized spacial score (nSPS) is 18.4. The number of ether oxygens (including phenoxy) is 1. The summed E-state index contributed by atoms with van der Waals surface area (Å²) in [7, 11) is 0. The second-order valence-electron chi connectivity index (χ2n) is 9.83. The second kappa shape index (κ2) is 9.87. The lowest BCUT2D eigenvalue weighted by atomic mass is 9.84. The summed E-state index contributed by atoms with van der Waals surface area (Å²) in [4.78, 5) is 31.8. The van der Waals surface area contributed by atoms with Crippen molar-refractivity contribution in [3.8, 4) is 0 Å². The van der Waals surface area contributed by atoms with Crippen LogP contribution in [0.15, 0.2) is 48.3 Å². The van der Waals surface area contributed by atoms with Crippen LogP contribution in [0.4, 0.5) is 0 Å². The molecule has 1 amide bonds. The summed E-state index contributed by atoms with van der Waals surface area (Å²) in [6.07, 6.45) is 3.94. The van der Waals surface area contributed by atoms with Gasteiger partial charge in [0.25, 0.3) is 11.7 Å². The highest BCUT2D eigenvalue weighted by atomic mass is 16.5. The van der Waals surface area contributed by atoms with Crippen LogP contribution in [0.1, 0.15) is 69.3 Å². The predicted molar refractivity (Wildman–Crippen MR) is 129 cm³/mol. The molecule has 2 aromatic rings. The van der Waals surface area contributed by atoms with Gasteiger partial charge in [0.2, 0.25) is 0 Å². The highest BCUT2D eigenvalue weighted by Gasteiger charge is 2.46. The van der Waals surface area contributed by atoms with Gasteiger partial charge < -0.3 is 14.7 Å². The van der Waals surface area contributed by atoms with E-state index in [-0.39, 0.29) is 22.9 Å². The van der Waals surface area contributed by atoms with E-state index in [2.05, 4.69) is 25.8 Å². The van der Waals surface area contributed by atoms with Gasteiger partial charge in [-0.15, -0.1) is 0 Å². The van der Waals surface area contributed by atoms with Crippen LogP contribution >= 0.6 is 0 Å². The Morgan fingerprint density at radius 2 is 1.82 bits per heavy atom. The molecule has 0 aliphatic carbocycles. The number of amides is 1. The maximum Gasteiger partial charge on any atom is 0.295 e. The second-order valence-corrected chi connectivity index (χ2v) is 9.83. The average Bonchev–Trinajstić information content (AvgIpc) is 3.01.